The predicted octanol–water partition coefficient (Wildman–Crippen LogP) is 6.81. The van der Waals surface area contributed by atoms with E-state index in [4.69, 9.17) is 0 Å². The van der Waals surface area contributed by atoms with E-state index in [0.717, 1.165) is 9.77 Å². The van der Waals surface area contributed by atoms with Crippen LogP contribution in [0.15, 0.2) is 107 Å². The summed E-state index contributed by atoms with van der Waals surface area (Å²) in [4.78, 5) is 40.4. The van der Waals surface area contributed by atoms with Gasteiger partial charge in [-0.25, -0.2) is 4.39 Å². The highest BCUT2D eigenvalue weighted by atomic mass is 32.2. The van der Waals surface area contributed by atoms with Gasteiger partial charge in [0.15, 0.2) is 0 Å². The molecule has 1 atom stereocenters. The summed E-state index contributed by atoms with van der Waals surface area (Å²) in [6.07, 6.45) is 2.19. The third kappa shape index (κ3) is 8.13. The third-order valence-electron chi connectivity index (χ3n) is 5.50. The van der Waals surface area contributed by atoms with Gasteiger partial charge in [0.2, 0.25) is 5.91 Å². The van der Waals surface area contributed by atoms with Crippen molar-refractivity contribution in [1.82, 2.24) is 5.32 Å². The van der Waals surface area contributed by atoms with Gasteiger partial charge in [-0.3, -0.25) is 14.4 Å². The molecule has 4 aromatic rings. The molecular formula is C30H26FN3O3S2. The van der Waals surface area contributed by atoms with Gasteiger partial charge in [0, 0.05) is 26.7 Å². The topological polar surface area (TPSA) is 87.3 Å². The average Bonchev–Trinajstić information content (AvgIpc) is 3.46. The summed E-state index contributed by atoms with van der Waals surface area (Å²) in [6, 6.07) is 25.1. The van der Waals surface area contributed by atoms with Crippen molar-refractivity contribution in [1.29, 1.82) is 0 Å². The summed E-state index contributed by atoms with van der Waals surface area (Å²) in [5.74, 6) is -1.44. The highest BCUT2D eigenvalue weighted by molar-refractivity contribution is 8.00. The number of benzene rings is 3. The number of rotatable bonds is 10. The number of thiophene rings is 1. The maximum absolute atomic E-state index is 13.2. The lowest BCUT2D eigenvalue weighted by molar-refractivity contribution is -0.116. The second-order valence-electron chi connectivity index (χ2n) is 8.39. The highest BCUT2D eigenvalue weighted by Crippen LogP contribution is 2.29. The van der Waals surface area contributed by atoms with Crippen molar-refractivity contribution in [2.75, 3.05) is 10.6 Å². The number of halogens is 1. The maximum atomic E-state index is 13.2. The van der Waals surface area contributed by atoms with E-state index in [1.807, 2.05) is 36.6 Å². The van der Waals surface area contributed by atoms with Crippen LogP contribution < -0.4 is 16.0 Å². The second kappa shape index (κ2) is 13.5. The van der Waals surface area contributed by atoms with E-state index in [-0.39, 0.29) is 17.4 Å². The molecule has 1 aromatic heterocycles. The lowest BCUT2D eigenvalue weighted by Crippen LogP contribution is -2.30. The fourth-order valence-corrected chi connectivity index (χ4v) is 5.22. The largest absolute Gasteiger partial charge is 0.325 e. The summed E-state index contributed by atoms with van der Waals surface area (Å²) >= 11 is 2.81. The number of carbonyl (C=O) groups excluding carboxylic acids is 3. The van der Waals surface area contributed by atoms with Gasteiger partial charge in [0.25, 0.3) is 11.8 Å². The SMILES string of the molecule is CCC(Sc1cccc(NC(=O)/C(=C/c2cccs2)NC(=O)c2ccccc2)c1)C(=O)Nc1ccc(F)cc1. The first kappa shape index (κ1) is 27.8. The van der Waals surface area contributed by atoms with Crippen LogP contribution in [0.5, 0.6) is 0 Å². The molecule has 0 spiro atoms. The Labute approximate surface area is 234 Å². The summed E-state index contributed by atoms with van der Waals surface area (Å²) < 4.78 is 13.2. The Morgan fingerprint density at radius 1 is 0.897 bits per heavy atom. The van der Waals surface area contributed by atoms with Crippen LogP contribution in [0.4, 0.5) is 15.8 Å². The molecule has 9 heteroatoms. The first-order chi connectivity index (χ1) is 18.9. The highest BCUT2D eigenvalue weighted by Gasteiger charge is 2.19. The van der Waals surface area contributed by atoms with Crippen LogP contribution in [0.3, 0.4) is 0 Å². The van der Waals surface area contributed by atoms with Gasteiger partial charge in [-0.05, 0) is 78.5 Å². The van der Waals surface area contributed by atoms with Gasteiger partial charge in [-0.1, -0.05) is 37.3 Å². The van der Waals surface area contributed by atoms with Crippen molar-refractivity contribution >= 4 is 58.3 Å². The monoisotopic (exact) mass is 559 g/mol. The van der Waals surface area contributed by atoms with Gasteiger partial charge in [0.1, 0.15) is 11.5 Å². The zero-order valence-electron chi connectivity index (χ0n) is 21.0. The first-order valence-corrected chi connectivity index (χ1v) is 13.9. The number of carbonyl (C=O) groups is 3. The Kier molecular flexibility index (Phi) is 9.66. The molecule has 0 aliphatic carbocycles. The molecule has 0 saturated heterocycles. The maximum Gasteiger partial charge on any atom is 0.272 e. The fraction of sp³-hybridized carbons (Fsp3) is 0.100. The van der Waals surface area contributed by atoms with Crippen LogP contribution in [0, 0.1) is 5.82 Å². The lowest BCUT2D eigenvalue weighted by atomic mass is 10.2. The van der Waals surface area contributed by atoms with Crippen molar-refractivity contribution in [3.8, 4) is 0 Å². The number of amides is 3. The van der Waals surface area contributed by atoms with E-state index < -0.39 is 17.1 Å². The summed E-state index contributed by atoms with van der Waals surface area (Å²) in [5.41, 5.74) is 1.58. The molecule has 0 aliphatic rings. The minimum atomic E-state index is -0.476. The minimum Gasteiger partial charge on any atom is -0.325 e. The van der Waals surface area contributed by atoms with Crippen molar-refractivity contribution in [3.05, 3.63) is 118 Å². The number of thioether (sulfide) groups is 1. The molecule has 3 N–H and O–H groups in total. The smallest absolute Gasteiger partial charge is 0.272 e. The minimum absolute atomic E-state index is 0.106. The standard InChI is InChI=1S/C30H26FN3O3S2/c1-2-27(30(37)32-22-15-13-21(31)14-16-22)39-25-11-6-10-23(18-25)33-29(36)26(19-24-12-7-17-38-24)34-28(35)20-8-4-3-5-9-20/h3-19,27H,2H2,1H3,(H,32,37)(H,33,36)(H,34,35)/b26-19-. The summed E-state index contributed by atoms with van der Waals surface area (Å²) in [5, 5.41) is 9.87. The molecule has 0 aliphatic heterocycles. The van der Waals surface area contributed by atoms with Gasteiger partial charge in [0.05, 0.1) is 5.25 Å². The van der Waals surface area contributed by atoms with Gasteiger partial charge >= 0.3 is 0 Å². The molecule has 0 bridgehead atoms. The van der Waals surface area contributed by atoms with Crippen LogP contribution in [-0.4, -0.2) is 23.0 Å². The van der Waals surface area contributed by atoms with E-state index in [2.05, 4.69) is 16.0 Å². The van der Waals surface area contributed by atoms with Crippen LogP contribution in [-0.2, 0) is 9.59 Å². The zero-order chi connectivity index (χ0) is 27.6. The Bertz CT molecular complexity index is 1460. The van der Waals surface area contributed by atoms with Gasteiger partial charge in [-0.15, -0.1) is 23.1 Å². The van der Waals surface area contributed by atoms with E-state index in [1.165, 1.54) is 47.4 Å². The van der Waals surface area contributed by atoms with Gasteiger partial charge in [-0.2, -0.15) is 0 Å². The Morgan fingerprint density at radius 3 is 2.36 bits per heavy atom. The normalized spacial score (nSPS) is 11.9. The molecule has 6 nitrogen and oxygen atoms in total. The molecular weight excluding hydrogens is 533 g/mol. The van der Waals surface area contributed by atoms with E-state index in [1.54, 1.807) is 48.5 Å². The van der Waals surface area contributed by atoms with Crippen LogP contribution >= 0.6 is 23.1 Å². The Balaban J connectivity index is 1.46. The number of hydrogen-bond donors (Lipinski definition) is 3. The molecule has 198 valence electrons. The average molecular weight is 560 g/mol. The number of hydrogen-bond acceptors (Lipinski definition) is 5. The number of anilines is 2. The molecule has 0 fully saturated rings. The van der Waals surface area contributed by atoms with Gasteiger partial charge < -0.3 is 16.0 Å². The van der Waals surface area contributed by atoms with E-state index >= 15 is 0 Å². The van der Waals surface area contributed by atoms with Crippen LogP contribution in [0.1, 0.15) is 28.6 Å². The molecule has 3 aromatic carbocycles. The third-order valence-corrected chi connectivity index (χ3v) is 7.68. The molecule has 0 saturated carbocycles. The number of nitrogens with one attached hydrogen (secondary N) is 3. The fourth-order valence-electron chi connectivity index (χ4n) is 3.55. The van der Waals surface area contributed by atoms with Crippen LogP contribution in [0.25, 0.3) is 6.08 Å². The van der Waals surface area contributed by atoms with Crippen molar-refractivity contribution in [2.45, 2.75) is 23.5 Å². The second-order valence-corrected chi connectivity index (χ2v) is 10.6. The molecule has 1 heterocycles. The molecule has 39 heavy (non-hydrogen) atoms. The summed E-state index contributed by atoms with van der Waals surface area (Å²) in [6.45, 7) is 1.91. The lowest BCUT2D eigenvalue weighted by Gasteiger charge is -2.16. The molecule has 0 radical (unpaired) electrons. The Morgan fingerprint density at radius 2 is 1.67 bits per heavy atom. The molecule has 1 unspecified atom stereocenters. The zero-order valence-corrected chi connectivity index (χ0v) is 22.7. The predicted molar refractivity (Wildman–Crippen MR) is 156 cm³/mol. The van der Waals surface area contributed by atoms with E-state index in [0.29, 0.717) is 23.4 Å². The Hall–Kier alpha value is -4.21. The van der Waals surface area contributed by atoms with Crippen molar-refractivity contribution in [2.24, 2.45) is 0 Å². The first-order valence-electron chi connectivity index (χ1n) is 12.2. The van der Waals surface area contributed by atoms with Crippen molar-refractivity contribution < 1.29 is 18.8 Å². The quantitative estimate of drug-likeness (QED) is 0.147. The van der Waals surface area contributed by atoms with E-state index in [9.17, 15) is 18.8 Å². The van der Waals surface area contributed by atoms with Crippen LogP contribution in [0.2, 0.25) is 0 Å². The summed E-state index contributed by atoms with van der Waals surface area (Å²) in [7, 11) is 0. The van der Waals surface area contributed by atoms with Crippen molar-refractivity contribution in [3.63, 3.8) is 0 Å². The molecule has 4 rings (SSSR count). The molecule has 3 amide bonds.